The summed E-state index contributed by atoms with van der Waals surface area (Å²) in [7, 11) is 1.70. The normalized spacial score (nSPS) is 17.2. The van der Waals surface area contributed by atoms with Crippen LogP contribution in [0.4, 0.5) is 5.69 Å². The van der Waals surface area contributed by atoms with Gasteiger partial charge in [0.2, 0.25) is 0 Å². The lowest BCUT2D eigenvalue weighted by Crippen LogP contribution is -2.46. The maximum Gasteiger partial charge on any atom is 0.259 e. The average molecular weight is 397 g/mol. The third-order valence-electron chi connectivity index (χ3n) is 5.79. The molecule has 1 aromatic carbocycles. The predicted molar refractivity (Wildman–Crippen MR) is 113 cm³/mol. The highest BCUT2D eigenvalue weighted by atomic mass is 32.1. The van der Waals surface area contributed by atoms with Crippen LogP contribution in [0.5, 0.6) is 5.75 Å². The zero-order chi connectivity index (χ0) is 19.1. The fourth-order valence-corrected chi connectivity index (χ4v) is 5.59. The molecule has 1 aliphatic carbocycles. The van der Waals surface area contributed by atoms with Crippen molar-refractivity contribution in [3.05, 3.63) is 50.9 Å². The van der Waals surface area contributed by atoms with Gasteiger partial charge in [-0.15, -0.1) is 11.3 Å². The van der Waals surface area contributed by atoms with E-state index in [9.17, 15) is 4.79 Å². The van der Waals surface area contributed by atoms with E-state index in [4.69, 9.17) is 9.72 Å². The van der Waals surface area contributed by atoms with Crippen LogP contribution in [-0.2, 0) is 19.4 Å². The third kappa shape index (κ3) is 3.18. The number of fused-ring (bicyclic) bond motifs is 3. The number of aromatic nitrogens is 2. The van der Waals surface area contributed by atoms with E-state index in [-0.39, 0.29) is 5.56 Å². The first-order valence-corrected chi connectivity index (χ1v) is 10.7. The predicted octanol–water partition coefficient (Wildman–Crippen LogP) is 2.80. The van der Waals surface area contributed by atoms with E-state index in [1.807, 2.05) is 12.1 Å². The Hall–Kier alpha value is -2.38. The van der Waals surface area contributed by atoms with Crippen LogP contribution in [0.15, 0.2) is 29.1 Å². The second-order valence-electron chi connectivity index (χ2n) is 7.51. The van der Waals surface area contributed by atoms with Crippen LogP contribution in [0.1, 0.15) is 22.7 Å². The lowest BCUT2D eigenvalue weighted by Gasteiger charge is -2.35. The molecule has 28 heavy (non-hydrogen) atoms. The summed E-state index contributed by atoms with van der Waals surface area (Å²) in [6.07, 6.45) is 3.28. The second-order valence-corrected chi connectivity index (χ2v) is 8.60. The molecule has 0 amide bonds. The van der Waals surface area contributed by atoms with E-state index in [0.29, 0.717) is 6.54 Å². The number of nitrogens with zero attached hydrogens (tertiary/aromatic N) is 3. The van der Waals surface area contributed by atoms with Gasteiger partial charge in [0.15, 0.2) is 0 Å². The molecule has 0 spiro atoms. The van der Waals surface area contributed by atoms with Crippen molar-refractivity contribution < 1.29 is 4.74 Å². The summed E-state index contributed by atoms with van der Waals surface area (Å²) < 4.78 is 5.34. The highest BCUT2D eigenvalue weighted by Gasteiger charge is 2.22. The van der Waals surface area contributed by atoms with Crippen molar-refractivity contribution in [2.75, 3.05) is 38.2 Å². The maximum absolute atomic E-state index is 12.6. The number of piperazine rings is 1. The molecule has 0 bridgehead atoms. The maximum atomic E-state index is 12.6. The van der Waals surface area contributed by atoms with Crippen molar-refractivity contribution in [1.82, 2.24) is 14.9 Å². The third-order valence-corrected chi connectivity index (χ3v) is 6.97. The summed E-state index contributed by atoms with van der Waals surface area (Å²) in [4.78, 5) is 27.5. The number of aromatic amines is 1. The molecule has 6 nitrogen and oxygen atoms in total. The molecule has 1 aliphatic heterocycles. The van der Waals surface area contributed by atoms with Gasteiger partial charge in [0.05, 0.1) is 19.0 Å². The Bertz CT molecular complexity index is 1070. The van der Waals surface area contributed by atoms with Gasteiger partial charge in [-0.25, -0.2) is 4.98 Å². The summed E-state index contributed by atoms with van der Waals surface area (Å²) >= 11 is 1.71. The summed E-state index contributed by atoms with van der Waals surface area (Å²) in [6, 6.07) is 8.21. The number of methoxy groups -OCH3 is 1. The van der Waals surface area contributed by atoms with Gasteiger partial charge in [0.25, 0.3) is 5.56 Å². The Morgan fingerprint density at radius 3 is 2.89 bits per heavy atom. The Morgan fingerprint density at radius 2 is 2.07 bits per heavy atom. The number of H-pyrrole nitrogens is 1. The number of hydrogen-bond donors (Lipinski definition) is 1. The average Bonchev–Trinajstić information content (AvgIpc) is 3.29. The van der Waals surface area contributed by atoms with Gasteiger partial charge < -0.3 is 14.6 Å². The first-order valence-electron chi connectivity index (χ1n) is 9.86. The largest absolute Gasteiger partial charge is 0.497 e. The molecule has 7 heteroatoms. The van der Waals surface area contributed by atoms with E-state index in [2.05, 4.69) is 26.9 Å². The van der Waals surface area contributed by atoms with Crippen LogP contribution in [0.25, 0.3) is 10.2 Å². The van der Waals surface area contributed by atoms with Gasteiger partial charge in [-0.2, -0.15) is 0 Å². The summed E-state index contributed by atoms with van der Waals surface area (Å²) in [5, 5.41) is 0.837. The van der Waals surface area contributed by atoms with Gasteiger partial charge in [-0.1, -0.05) is 6.07 Å². The number of thiophene rings is 1. The number of anilines is 1. The molecule has 1 saturated heterocycles. The zero-order valence-electron chi connectivity index (χ0n) is 16.0. The lowest BCUT2D eigenvalue weighted by atomic mass is 10.2. The van der Waals surface area contributed by atoms with E-state index in [1.54, 1.807) is 18.4 Å². The van der Waals surface area contributed by atoms with Crippen LogP contribution in [0.2, 0.25) is 0 Å². The Morgan fingerprint density at radius 1 is 1.21 bits per heavy atom. The Balaban J connectivity index is 1.28. The highest BCUT2D eigenvalue weighted by molar-refractivity contribution is 7.18. The molecule has 0 atom stereocenters. The standard InChI is InChI=1S/C21H24N4O2S/c1-27-15-5-2-4-14(12-15)25-10-8-24(9-11-25)13-18-22-20(26)19-16-6-3-7-17(16)28-21(19)23-18/h2,4-5,12H,3,6-11,13H2,1H3,(H,22,23,26). The number of rotatable bonds is 4. The minimum absolute atomic E-state index is 0.0365. The molecule has 0 unspecified atom stereocenters. The minimum Gasteiger partial charge on any atom is -0.497 e. The molecule has 2 aromatic heterocycles. The van der Waals surface area contributed by atoms with Crippen molar-refractivity contribution in [3.63, 3.8) is 0 Å². The van der Waals surface area contributed by atoms with Crippen molar-refractivity contribution in [2.24, 2.45) is 0 Å². The second kappa shape index (κ2) is 7.22. The lowest BCUT2D eigenvalue weighted by molar-refractivity contribution is 0.244. The van der Waals surface area contributed by atoms with E-state index < -0.39 is 0 Å². The van der Waals surface area contributed by atoms with Gasteiger partial charge in [0.1, 0.15) is 16.4 Å². The van der Waals surface area contributed by atoms with Crippen LogP contribution in [0.3, 0.4) is 0 Å². The fourth-order valence-electron chi connectivity index (χ4n) is 4.30. The van der Waals surface area contributed by atoms with Crippen LogP contribution in [-0.4, -0.2) is 48.2 Å². The van der Waals surface area contributed by atoms with Gasteiger partial charge in [0, 0.05) is 42.8 Å². The molecule has 146 valence electrons. The number of benzene rings is 1. The number of nitrogens with one attached hydrogen (secondary N) is 1. The molecule has 0 radical (unpaired) electrons. The summed E-state index contributed by atoms with van der Waals surface area (Å²) in [6.45, 7) is 4.49. The molecule has 0 saturated carbocycles. The van der Waals surface area contributed by atoms with E-state index in [1.165, 1.54) is 16.1 Å². The molecule has 1 fully saturated rings. The number of aryl methyl sites for hydroxylation is 2. The molecule has 3 aromatic rings. The summed E-state index contributed by atoms with van der Waals surface area (Å²) in [5.74, 6) is 1.67. The molecule has 2 aliphatic rings. The SMILES string of the molecule is COc1cccc(N2CCN(Cc3nc4sc5c(c4c(=O)[nH]3)CCC5)CC2)c1. The van der Waals surface area contributed by atoms with Gasteiger partial charge in [-0.05, 0) is 37.0 Å². The smallest absolute Gasteiger partial charge is 0.259 e. The minimum atomic E-state index is 0.0365. The van der Waals surface area contributed by atoms with Gasteiger partial charge in [-0.3, -0.25) is 9.69 Å². The number of hydrogen-bond acceptors (Lipinski definition) is 6. The number of ether oxygens (including phenoxy) is 1. The first kappa shape index (κ1) is 17.7. The summed E-state index contributed by atoms with van der Waals surface area (Å²) in [5.41, 5.74) is 2.47. The van der Waals surface area contributed by atoms with Crippen LogP contribution < -0.4 is 15.2 Å². The zero-order valence-corrected chi connectivity index (χ0v) is 16.8. The Labute approximate surface area is 167 Å². The van der Waals surface area contributed by atoms with Gasteiger partial charge >= 0.3 is 0 Å². The van der Waals surface area contributed by atoms with Crippen molar-refractivity contribution in [2.45, 2.75) is 25.8 Å². The van der Waals surface area contributed by atoms with Crippen molar-refractivity contribution in [1.29, 1.82) is 0 Å². The monoisotopic (exact) mass is 396 g/mol. The molecular weight excluding hydrogens is 372 g/mol. The molecule has 1 N–H and O–H groups in total. The van der Waals surface area contributed by atoms with Crippen molar-refractivity contribution >= 4 is 27.2 Å². The molecule has 5 rings (SSSR count). The van der Waals surface area contributed by atoms with E-state index >= 15 is 0 Å². The van der Waals surface area contributed by atoms with Crippen molar-refractivity contribution in [3.8, 4) is 5.75 Å². The molecular formula is C21H24N4O2S. The fraction of sp³-hybridized carbons (Fsp3) is 0.429. The Kier molecular flexibility index (Phi) is 4.56. The topological polar surface area (TPSA) is 61.5 Å². The quantitative estimate of drug-likeness (QED) is 0.735. The van der Waals surface area contributed by atoms with Crippen LogP contribution >= 0.6 is 11.3 Å². The first-order chi connectivity index (χ1) is 13.7. The van der Waals surface area contributed by atoms with Crippen LogP contribution in [0, 0.1) is 0 Å². The molecule has 3 heterocycles. The highest BCUT2D eigenvalue weighted by Crippen LogP contribution is 2.34. The van der Waals surface area contributed by atoms with E-state index in [0.717, 1.165) is 67.2 Å².